The Morgan fingerprint density at radius 1 is 1.14 bits per heavy atom. The van der Waals surface area contributed by atoms with Gasteiger partial charge >= 0.3 is 0 Å². The summed E-state index contributed by atoms with van der Waals surface area (Å²) in [6.07, 6.45) is 11.4. The van der Waals surface area contributed by atoms with Gasteiger partial charge in [0.05, 0.1) is 0 Å². The summed E-state index contributed by atoms with van der Waals surface area (Å²) in [6.45, 7) is 5.01. The molecule has 0 unspecified atom stereocenters. The number of H-pyrrole nitrogens is 1. The number of nitrogens with zero attached hydrogens (tertiary/aromatic N) is 1. The first-order chi connectivity index (χ1) is 17.9. The number of rotatable bonds is 4. The van der Waals surface area contributed by atoms with E-state index in [-0.39, 0.29) is 24.5 Å². The van der Waals surface area contributed by atoms with Crippen LogP contribution < -0.4 is 21.1 Å². The second kappa shape index (κ2) is 13.8. The Bertz CT molecular complexity index is 1150. The summed E-state index contributed by atoms with van der Waals surface area (Å²) >= 11 is 0. The number of amides is 1. The molecule has 1 aromatic carbocycles. The first-order valence-electron chi connectivity index (χ1n) is 13.2. The van der Waals surface area contributed by atoms with E-state index in [2.05, 4.69) is 52.7 Å². The monoisotopic (exact) mass is 508 g/mol. The highest BCUT2D eigenvalue weighted by atomic mass is 16.3. The molecular formula is C29H40N4O4. The molecule has 0 bridgehead atoms. The molecular weight excluding hydrogens is 468 g/mol. The second-order valence-electron chi connectivity index (χ2n) is 9.67. The van der Waals surface area contributed by atoms with Gasteiger partial charge in [-0.05, 0) is 95.2 Å². The zero-order valence-electron chi connectivity index (χ0n) is 22.2. The molecule has 0 saturated heterocycles. The van der Waals surface area contributed by atoms with Crippen molar-refractivity contribution in [3.05, 3.63) is 74.7 Å². The van der Waals surface area contributed by atoms with Crippen LogP contribution in [-0.2, 0) is 24.2 Å². The summed E-state index contributed by atoms with van der Waals surface area (Å²) in [5.41, 5.74) is 5.35. The lowest BCUT2D eigenvalue weighted by atomic mass is 9.89. The summed E-state index contributed by atoms with van der Waals surface area (Å²) in [7, 11) is 2.05. The van der Waals surface area contributed by atoms with E-state index in [0.717, 1.165) is 55.5 Å². The normalized spacial score (nSPS) is 20.5. The molecule has 1 aromatic heterocycles. The van der Waals surface area contributed by atoms with Crippen LogP contribution in [0.2, 0.25) is 0 Å². The molecule has 1 aliphatic carbocycles. The van der Waals surface area contributed by atoms with Gasteiger partial charge in [-0.2, -0.15) is 0 Å². The maximum Gasteiger partial charge on any atom is 0.290 e. The molecule has 4 rings (SSSR count). The minimum Gasteiger partial charge on any atom is -0.483 e. The van der Waals surface area contributed by atoms with Gasteiger partial charge in [-0.1, -0.05) is 18.2 Å². The number of carboxylic acid groups (broad SMARTS) is 1. The van der Waals surface area contributed by atoms with Crippen molar-refractivity contribution in [1.82, 2.24) is 15.6 Å². The van der Waals surface area contributed by atoms with E-state index in [1.165, 1.54) is 18.5 Å². The molecule has 8 nitrogen and oxygen atoms in total. The number of hydrogen-bond donors (Lipinski definition) is 4. The zero-order chi connectivity index (χ0) is 26.8. The van der Waals surface area contributed by atoms with Gasteiger partial charge in [-0.15, -0.1) is 0 Å². The van der Waals surface area contributed by atoms with Gasteiger partial charge in [0.2, 0.25) is 0 Å². The quantitative estimate of drug-likeness (QED) is 0.370. The number of benzene rings is 1. The van der Waals surface area contributed by atoms with Crippen molar-refractivity contribution in [2.75, 3.05) is 18.5 Å². The summed E-state index contributed by atoms with van der Waals surface area (Å²) in [5, 5.41) is 13.4. The number of nitrogens with one attached hydrogen (secondary N) is 3. The van der Waals surface area contributed by atoms with Crippen molar-refractivity contribution >= 4 is 18.1 Å². The average Bonchev–Trinajstić information content (AvgIpc) is 2.88. The summed E-state index contributed by atoms with van der Waals surface area (Å²) in [4.78, 5) is 39.7. The third-order valence-corrected chi connectivity index (χ3v) is 7.45. The van der Waals surface area contributed by atoms with Gasteiger partial charge in [-0.25, -0.2) is 0 Å². The van der Waals surface area contributed by atoms with E-state index < -0.39 is 0 Å². The standard InChI is InChI=1S/C28H38N4O2.CH2O2/c1-4-32(22-15-13-21(29-3)14-16-22)26-12-8-11-24-23(26)10-7-5-6-9-20-17-19(2)31-28(34)25(20)18-30-27(24)33;2-1-3/h5,7-8,11-12,17,21-22,29H,4,6,9-10,13-16,18H2,1-3H3,(H,30,33)(H,31,34);1H,(H,2,3)/b7-5+;. The molecule has 0 radical (unpaired) electrons. The van der Waals surface area contributed by atoms with Crippen LogP contribution >= 0.6 is 0 Å². The molecule has 1 amide bonds. The van der Waals surface area contributed by atoms with Crippen LogP contribution in [0, 0.1) is 6.92 Å². The predicted octanol–water partition coefficient (Wildman–Crippen LogP) is 3.72. The Morgan fingerprint density at radius 3 is 2.54 bits per heavy atom. The van der Waals surface area contributed by atoms with Crippen LogP contribution in [0.15, 0.2) is 41.2 Å². The van der Waals surface area contributed by atoms with E-state index in [1.807, 2.05) is 25.1 Å². The van der Waals surface area contributed by atoms with E-state index in [1.54, 1.807) is 0 Å². The highest BCUT2D eigenvalue weighted by Crippen LogP contribution is 2.32. The van der Waals surface area contributed by atoms with Gasteiger partial charge in [0.1, 0.15) is 0 Å². The number of carbonyl (C=O) groups excluding carboxylic acids is 1. The molecule has 200 valence electrons. The van der Waals surface area contributed by atoms with Gasteiger partial charge in [0.25, 0.3) is 17.9 Å². The SMILES string of the molecule is CCN(c1cccc2c1C/C=C/CCc1cc(C)[nH]c(=O)c1CNC2=O)C1CCC(NC)CC1.O=CO. The molecule has 2 heterocycles. The first-order valence-corrected chi connectivity index (χ1v) is 13.2. The fourth-order valence-electron chi connectivity index (χ4n) is 5.60. The van der Waals surface area contributed by atoms with E-state index in [0.29, 0.717) is 23.2 Å². The Kier molecular flexibility index (Phi) is 10.5. The maximum absolute atomic E-state index is 13.4. The number of aromatic amines is 1. The molecule has 37 heavy (non-hydrogen) atoms. The molecule has 2 aromatic rings. The number of anilines is 1. The van der Waals surface area contributed by atoms with Gasteiger partial charge in [-0.3, -0.25) is 14.4 Å². The van der Waals surface area contributed by atoms with E-state index in [4.69, 9.17) is 9.90 Å². The molecule has 0 atom stereocenters. The second-order valence-corrected chi connectivity index (χ2v) is 9.67. The van der Waals surface area contributed by atoms with Crippen LogP contribution in [0.4, 0.5) is 5.69 Å². The van der Waals surface area contributed by atoms with Crippen molar-refractivity contribution in [2.45, 2.75) is 77.4 Å². The van der Waals surface area contributed by atoms with Crippen LogP contribution in [0.3, 0.4) is 0 Å². The minimum absolute atomic E-state index is 0.111. The lowest BCUT2D eigenvalue weighted by Crippen LogP contribution is -2.42. The summed E-state index contributed by atoms with van der Waals surface area (Å²) in [5.74, 6) is -0.119. The fourth-order valence-corrected chi connectivity index (χ4v) is 5.60. The third-order valence-electron chi connectivity index (χ3n) is 7.45. The number of carbonyl (C=O) groups is 2. The molecule has 2 aliphatic rings. The van der Waals surface area contributed by atoms with Crippen LogP contribution in [-0.4, -0.2) is 48.1 Å². The number of aryl methyl sites for hydroxylation is 2. The van der Waals surface area contributed by atoms with Crippen molar-refractivity contribution in [1.29, 1.82) is 0 Å². The lowest BCUT2D eigenvalue weighted by molar-refractivity contribution is -0.122. The fraction of sp³-hybridized carbons (Fsp3) is 0.483. The van der Waals surface area contributed by atoms with Crippen LogP contribution in [0.5, 0.6) is 0 Å². The van der Waals surface area contributed by atoms with Gasteiger partial charge < -0.3 is 25.6 Å². The number of allylic oxidation sites excluding steroid dienone is 2. The molecule has 4 N–H and O–H groups in total. The van der Waals surface area contributed by atoms with Crippen LogP contribution in [0.1, 0.15) is 71.8 Å². The molecule has 1 aliphatic heterocycles. The minimum atomic E-state index is -0.250. The Morgan fingerprint density at radius 2 is 1.86 bits per heavy atom. The van der Waals surface area contributed by atoms with Gasteiger partial charge in [0, 0.05) is 47.7 Å². The molecule has 1 fully saturated rings. The third kappa shape index (κ3) is 7.10. The number of pyridine rings is 1. The largest absolute Gasteiger partial charge is 0.483 e. The Labute approximate surface area is 219 Å². The van der Waals surface area contributed by atoms with Crippen LogP contribution in [0.25, 0.3) is 0 Å². The van der Waals surface area contributed by atoms with Crippen molar-refractivity contribution in [3.63, 3.8) is 0 Å². The Balaban J connectivity index is 0.00000121. The lowest BCUT2D eigenvalue weighted by Gasteiger charge is -2.39. The summed E-state index contributed by atoms with van der Waals surface area (Å²) in [6, 6.07) is 9.20. The smallest absolute Gasteiger partial charge is 0.290 e. The number of hydrogen-bond acceptors (Lipinski definition) is 5. The van der Waals surface area contributed by atoms with Gasteiger partial charge in [0.15, 0.2) is 0 Å². The number of aromatic nitrogens is 1. The maximum atomic E-state index is 13.4. The molecule has 1 saturated carbocycles. The van der Waals surface area contributed by atoms with Crippen molar-refractivity contribution < 1.29 is 14.7 Å². The molecule has 8 heteroatoms. The highest BCUT2D eigenvalue weighted by molar-refractivity contribution is 5.97. The number of fused-ring (bicyclic) bond motifs is 2. The predicted molar refractivity (Wildman–Crippen MR) is 147 cm³/mol. The van der Waals surface area contributed by atoms with Crippen molar-refractivity contribution in [2.24, 2.45) is 0 Å². The van der Waals surface area contributed by atoms with E-state index in [9.17, 15) is 9.59 Å². The summed E-state index contributed by atoms with van der Waals surface area (Å²) < 4.78 is 0. The topological polar surface area (TPSA) is 115 Å². The highest BCUT2D eigenvalue weighted by Gasteiger charge is 2.27. The first kappa shape index (κ1) is 28.2. The van der Waals surface area contributed by atoms with E-state index >= 15 is 0 Å². The average molecular weight is 509 g/mol. The molecule has 0 spiro atoms. The van der Waals surface area contributed by atoms with Crippen molar-refractivity contribution in [3.8, 4) is 0 Å². The zero-order valence-corrected chi connectivity index (χ0v) is 22.2. The Hall–Kier alpha value is -3.39.